The number of nitrogens with one attached hydrogen (secondary N) is 1. The van der Waals surface area contributed by atoms with Gasteiger partial charge in [-0.25, -0.2) is 13.4 Å². The Balaban J connectivity index is 1.68. The number of aromatic nitrogens is 2. The van der Waals surface area contributed by atoms with Crippen molar-refractivity contribution in [3.05, 3.63) is 90.3 Å². The molecule has 0 saturated heterocycles. The number of imidazole rings is 1. The number of aliphatic hydroxyl groups is 1. The van der Waals surface area contributed by atoms with Crippen LogP contribution in [0.2, 0.25) is 0 Å². The monoisotopic (exact) mass is 430 g/mol. The number of fused-ring (bicyclic) bond motifs is 1. The molecule has 0 fully saturated rings. The summed E-state index contributed by atoms with van der Waals surface area (Å²) in [6, 6.07) is 23.7. The SMILES string of the molecule is CN(c1ccccc1)S(=O)(=O)c1ccc(C(O)=C(C#N)c2nc3ccccc3[nH]2)cc1. The molecule has 2 N–H and O–H groups in total. The van der Waals surface area contributed by atoms with Gasteiger partial charge < -0.3 is 10.1 Å². The largest absolute Gasteiger partial charge is 0.506 e. The average molecular weight is 430 g/mol. The van der Waals surface area contributed by atoms with Gasteiger partial charge in [0.2, 0.25) is 0 Å². The van der Waals surface area contributed by atoms with Crippen LogP contribution < -0.4 is 4.31 Å². The first-order valence-corrected chi connectivity index (χ1v) is 10.8. The number of nitrogens with zero attached hydrogens (tertiary/aromatic N) is 3. The van der Waals surface area contributed by atoms with Crippen molar-refractivity contribution in [2.75, 3.05) is 11.4 Å². The summed E-state index contributed by atoms with van der Waals surface area (Å²) in [4.78, 5) is 7.42. The van der Waals surface area contributed by atoms with Crippen LogP contribution in [-0.4, -0.2) is 30.5 Å². The van der Waals surface area contributed by atoms with Crippen LogP contribution in [0.3, 0.4) is 0 Å². The van der Waals surface area contributed by atoms with Gasteiger partial charge in [-0.05, 0) is 48.5 Å². The van der Waals surface area contributed by atoms with Crippen LogP contribution in [0.15, 0.2) is 83.8 Å². The molecular formula is C23H18N4O3S. The summed E-state index contributed by atoms with van der Waals surface area (Å²) >= 11 is 0. The fourth-order valence-corrected chi connectivity index (χ4v) is 4.35. The van der Waals surface area contributed by atoms with Gasteiger partial charge in [-0.1, -0.05) is 30.3 Å². The molecule has 0 aliphatic rings. The number of aromatic amines is 1. The predicted octanol–water partition coefficient (Wildman–Crippen LogP) is 4.34. The second kappa shape index (κ2) is 7.97. The van der Waals surface area contributed by atoms with Crippen molar-refractivity contribution in [1.29, 1.82) is 5.26 Å². The molecule has 0 amide bonds. The van der Waals surface area contributed by atoms with Gasteiger partial charge in [0.05, 0.1) is 21.6 Å². The molecule has 0 radical (unpaired) electrons. The number of benzene rings is 3. The zero-order valence-electron chi connectivity index (χ0n) is 16.5. The Morgan fingerprint density at radius 1 is 1.00 bits per heavy atom. The van der Waals surface area contributed by atoms with E-state index in [1.54, 1.807) is 30.3 Å². The van der Waals surface area contributed by atoms with Gasteiger partial charge in [-0.15, -0.1) is 0 Å². The third kappa shape index (κ3) is 3.74. The van der Waals surface area contributed by atoms with E-state index in [9.17, 15) is 18.8 Å². The van der Waals surface area contributed by atoms with E-state index in [4.69, 9.17) is 0 Å². The molecule has 0 saturated carbocycles. The maximum atomic E-state index is 12.9. The van der Waals surface area contributed by atoms with Gasteiger partial charge in [0.25, 0.3) is 10.0 Å². The summed E-state index contributed by atoms with van der Waals surface area (Å²) in [6.07, 6.45) is 0. The molecular weight excluding hydrogens is 412 g/mol. The number of anilines is 1. The van der Waals surface area contributed by atoms with E-state index in [1.165, 1.54) is 35.6 Å². The number of aliphatic hydroxyl groups excluding tert-OH is 1. The van der Waals surface area contributed by atoms with Gasteiger partial charge in [0.15, 0.2) is 5.82 Å². The maximum Gasteiger partial charge on any atom is 0.264 e. The highest BCUT2D eigenvalue weighted by Crippen LogP contribution is 2.27. The highest BCUT2D eigenvalue weighted by Gasteiger charge is 2.22. The Morgan fingerprint density at radius 2 is 1.65 bits per heavy atom. The van der Waals surface area contributed by atoms with E-state index >= 15 is 0 Å². The molecule has 4 aromatic rings. The Bertz CT molecular complexity index is 1380. The molecule has 0 aliphatic carbocycles. The molecule has 4 rings (SSSR count). The lowest BCUT2D eigenvalue weighted by atomic mass is 10.1. The number of nitriles is 1. The second-order valence-electron chi connectivity index (χ2n) is 6.77. The van der Waals surface area contributed by atoms with E-state index in [0.717, 1.165) is 5.52 Å². The van der Waals surface area contributed by atoms with Crippen molar-refractivity contribution in [2.24, 2.45) is 0 Å². The molecule has 1 aromatic heterocycles. The third-order valence-corrected chi connectivity index (χ3v) is 6.68. The first-order chi connectivity index (χ1) is 14.9. The number of H-pyrrole nitrogens is 1. The zero-order chi connectivity index (χ0) is 22.0. The average Bonchev–Trinajstić information content (AvgIpc) is 3.23. The molecule has 3 aromatic carbocycles. The molecule has 0 unspecified atom stereocenters. The first kappa shape index (κ1) is 20.2. The summed E-state index contributed by atoms with van der Waals surface area (Å²) in [5.41, 5.74) is 2.21. The summed E-state index contributed by atoms with van der Waals surface area (Å²) in [6.45, 7) is 0. The number of rotatable bonds is 5. The minimum absolute atomic E-state index is 0.0341. The molecule has 7 nitrogen and oxygen atoms in total. The highest BCUT2D eigenvalue weighted by molar-refractivity contribution is 7.92. The van der Waals surface area contributed by atoms with E-state index in [0.29, 0.717) is 16.8 Å². The molecule has 8 heteroatoms. The maximum absolute atomic E-state index is 12.9. The van der Waals surface area contributed by atoms with Crippen molar-refractivity contribution < 1.29 is 13.5 Å². The summed E-state index contributed by atoms with van der Waals surface area (Å²) < 4.78 is 27.0. The molecule has 31 heavy (non-hydrogen) atoms. The van der Waals surface area contributed by atoms with Gasteiger partial charge in [0, 0.05) is 12.6 Å². The number of hydrogen-bond donors (Lipinski definition) is 2. The van der Waals surface area contributed by atoms with Crippen molar-refractivity contribution in [3.63, 3.8) is 0 Å². The van der Waals surface area contributed by atoms with E-state index in [2.05, 4.69) is 9.97 Å². The number of hydrogen-bond acceptors (Lipinski definition) is 5. The van der Waals surface area contributed by atoms with Crippen LogP contribution in [0.4, 0.5) is 5.69 Å². The van der Waals surface area contributed by atoms with Crippen LogP contribution in [0.1, 0.15) is 11.4 Å². The van der Waals surface area contributed by atoms with Crippen molar-refractivity contribution >= 4 is 38.1 Å². The van der Waals surface area contributed by atoms with Crippen molar-refractivity contribution in [3.8, 4) is 6.07 Å². The lowest BCUT2D eigenvalue weighted by molar-refractivity contribution is 0.513. The Kier molecular flexibility index (Phi) is 5.19. The van der Waals surface area contributed by atoms with Crippen molar-refractivity contribution in [1.82, 2.24) is 9.97 Å². The number of allylic oxidation sites excluding steroid dienone is 1. The first-order valence-electron chi connectivity index (χ1n) is 9.34. The fourth-order valence-electron chi connectivity index (χ4n) is 3.15. The van der Waals surface area contributed by atoms with E-state index in [1.807, 2.05) is 30.3 Å². The van der Waals surface area contributed by atoms with Crippen LogP contribution in [0.25, 0.3) is 22.4 Å². The summed E-state index contributed by atoms with van der Waals surface area (Å²) in [5.74, 6) is -0.0522. The minimum atomic E-state index is -3.78. The van der Waals surface area contributed by atoms with E-state index in [-0.39, 0.29) is 22.1 Å². The lowest BCUT2D eigenvalue weighted by Gasteiger charge is -2.19. The van der Waals surface area contributed by atoms with Crippen molar-refractivity contribution in [2.45, 2.75) is 4.90 Å². The highest BCUT2D eigenvalue weighted by atomic mass is 32.2. The van der Waals surface area contributed by atoms with Gasteiger partial charge >= 0.3 is 0 Å². The lowest BCUT2D eigenvalue weighted by Crippen LogP contribution is -2.26. The van der Waals surface area contributed by atoms with Crippen LogP contribution in [-0.2, 0) is 10.0 Å². The normalized spacial score (nSPS) is 12.3. The molecule has 0 spiro atoms. The van der Waals surface area contributed by atoms with Crippen LogP contribution in [0.5, 0.6) is 0 Å². The quantitative estimate of drug-likeness (QED) is 0.362. The van der Waals surface area contributed by atoms with Gasteiger partial charge in [0.1, 0.15) is 17.4 Å². The van der Waals surface area contributed by atoms with Gasteiger partial charge in [-0.2, -0.15) is 5.26 Å². The Labute approximate surface area is 179 Å². The molecule has 0 aliphatic heterocycles. The smallest absolute Gasteiger partial charge is 0.264 e. The standard InChI is InChI=1S/C23H18N4O3S/c1-27(17-7-3-2-4-8-17)31(29,30)18-13-11-16(12-14-18)22(28)19(15-24)23-25-20-9-5-6-10-21(20)26-23/h2-14,28H,1H3,(H,25,26). The zero-order valence-corrected chi connectivity index (χ0v) is 17.3. The number of para-hydroxylation sites is 3. The fraction of sp³-hybridized carbons (Fsp3) is 0.0435. The summed E-state index contributed by atoms with van der Waals surface area (Å²) in [5, 5.41) is 20.3. The minimum Gasteiger partial charge on any atom is -0.506 e. The van der Waals surface area contributed by atoms with E-state index < -0.39 is 10.0 Å². The molecule has 154 valence electrons. The van der Waals surface area contributed by atoms with Crippen LogP contribution in [0, 0.1) is 11.3 Å². The Morgan fingerprint density at radius 3 is 2.29 bits per heavy atom. The Hall–Kier alpha value is -4.09. The topological polar surface area (TPSA) is 110 Å². The second-order valence-corrected chi connectivity index (χ2v) is 8.74. The predicted molar refractivity (Wildman–Crippen MR) is 120 cm³/mol. The molecule has 1 heterocycles. The molecule has 0 bridgehead atoms. The molecule has 0 atom stereocenters. The summed E-state index contributed by atoms with van der Waals surface area (Å²) in [7, 11) is -2.30. The van der Waals surface area contributed by atoms with Gasteiger partial charge in [-0.3, -0.25) is 4.31 Å². The van der Waals surface area contributed by atoms with Crippen LogP contribution >= 0.6 is 0 Å². The third-order valence-electron chi connectivity index (χ3n) is 4.88. The number of sulfonamides is 1.